The van der Waals surface area contributed by atoms with E-state index in [1.807, 2.05) is 19.3 Å². The van der Waals surface area contributed by atoms with E-state index in [4.69, 9.17) is 5.21 Å². The van der Waals surface area contributed by atoms with Gasteiger partial charge in [0.2, 0.25) is 0 Å². The normalized spacial score (nSPS) is 10.8. The van der Waals surface area contributed by atoms with Gasteiger partial charge in [-0.25, -0.2) is 10.5 Å². The standard InChI is InChI=1S/C12H11N5O2/c1-17-6-8(4-15-17)7-2-9-10(12(18)16-19)5-14-11(9)13-3-7/h2-6,19H,1H3,(H,13,14)(H,16,18). The number of H-pyrrole nitrogens is 1. The summed E-state index contributed by atoms with van der Waals surface area (Å²) < 4.78 is 1.69. The molecule has 0 saturated heterocycles. The maximum atomic E-state index is 11.5. The molecule has 19 heavy (non-hydrogen) atoms. The minimum Gasteiger partial charge on any atom is -0.345 e. The highest BCUT2D eigenvalue weighted by molar-refractivity contribution is 6.06. The number of hydrogen-bond acceptors (Lipinski definition) is 4. The molecule has 0 unspecified atom stereocenters. The lowest BCUT2D eigenvalue weighted by Crippen LogP contribution is -2.18. The van der Waals surface area contributed by atoms with Gasteiger partial charge in [0, 0.05) is 42.2 Å². The van der Waals surface area contributed by atoms with Gasteiger partial charge in [0.15, 0.2) is 0 Å². The number of carbonyl (C=O) groups excluding carboxylic acids is 1. The van der Waals surface area contributed by atoms with E-state index >= 15 is 0 Å². The van der Waals surface area contributed by atoms with Crippen LogP contribution >= 0.6 is 0 Å². The third-order valence-electron chi connectivity index (χ3n) is 2.92. The van der Waals surface area contributed by atoms with Crippen molar-refractivity contribution < 1.29 is 10.0 Å². The second kappa shape index (κ2) is 4.21. The quantitative estimate of drug-likeness (QED) is 0.473. The van der Waals surface area contributed by atoms with E-state index in [0.717, 1.165) is 11.1 Å². The lowest BCUT2D eigenvalue weighted by molar-refractivity contribution is 0.0708. The van der Waals surface area contributed by atoms with Crippen molar-refractivity contribution in [3.63, 3.8) is 0 Å². The summed E-state index contributed by atoms with van der Waals surface area (Å²) in [6.45, 7) is 0. The van der Waals surface area contributed by atoms with Crippen molar-refractivity contribution in [2.45, 2.75) is 0 Å². The summed E-state index contributed by atoms with van der Waals surface area (Å²) in [6, 6.07) is 1.83. The van der Waals surface area contributed by atoms with E-state index in [2.05, 4.69) is 15.1 Å². The van der Waals surface area contributed by atoms with E-state index in [1.165, 1.54) is 6.20 Å². The summed E-state index contributed by atoms with van der Waals surface area (Å²) in [5, 5.41) is 13.5. The Morgan fingerprint density at radius 2 is 2.26 bits per heavy atom. The van der Waals surface area contributed by atoms with E-state index in [0.29, 0.717) is 16.6 Å². The topological polar surface area (TPSA) is 95.8 Å². The molecule has 3 aromatic heterocycles. The first-order valence-electron chi connectivity index (χ1n) is 5.59. The summed E-state index contributed by atoms with van der Waals surface area (Å²) in [6.07, 6.45) is 6.80. The molecule has 3 N–H and O–H groups in total. The van der Waals surface area contributed by atoms with Gasteiger partial charge in [-0.1, -0.05) is 0 Å². The Hall–Kier alpha value is -2.67. The first-order valence-corrected chi connectivity index (χ1v) is 5.59. The zero-order valence-corrected chi connectivity index (χ0v) is 10.1. The van der Waals surface area contributed by atoms with Crippen LogP contribution in [-0.2, 0) is 7.05 Å². The molecule has 0 aromatic carbocycles. The lowest BCUT2D eigenvalue weighted by atomic mass is 10.1. The molecule has 0 aliphatic carbocycles. The van der Waals surface area contributed by atoms with Crippen molar-refractivity contribution in [1.82, 2.24) is 25.2 Å². The van der Waals surface area contributed by atoms with Crippen molar-refractivity contribution in [3.8, 4) is 11.1 Å². The number of aromatic amines is 1. The number of aryl methyl sites for hydroxylation is 1. The molecule has 7 nitrogen and oxygen atoms in total. The Morgan fingerprint density at radius 3 is 2.95 bits per heavy atom. The number of carbonyl (C=O) groups is 1. The van der Waals surface area contributed by atoms with Gasteiger partial charge in [0.05, 0.1) is 11.8 Å². The monoisotopic (exact) mass is 257 g/mol. The second-order valence-electron chi connectivity index (χ2n) is 4.17. The molecule has 1 amide bonds. The van der Waals surface area contributed by atoms with Crippen LogP contribution in [0, 0.1) is 0 Å². The number of aromatic nitrogens is 4. The summed E-state index contributed by atoms with van der Waals surface area (Å²) in [7, 11) is 1.83. The molecular weight excluding hydrogens is 246 g/mol. The smallest absolute Gasteiger partial charge is 0.276 e. The minimum absolute atomic E-state index is 0.343. The Morgan fingerprint density at radius 1 is 1.42 bits per heavy atom. The van der Waals surface area contributed by atoms with Gasteiger partial charge in [-0.05, 0) is 6.07 Å². The number of hydroxylamine groups is 1. The first kappa shape index (κ1) is 11.4. The zero-order chi connectivity index (χ0) is 13.4. The molecule has 3 aromatic rings. The van der Waals surface area contributed by atoms with E-state index < -0.39 is 5.91 Å². The van der Waals surface area contributed by atoms with Crippen molar-refractivity contribution >= 4 is 16.9 Å². The summed E-state index contributed by atoms with van der Waals surface area (Å²) in [4.78, 5) is 18.6. The van der Waals surface area contributed by atoms with Crippen molar-refractivity contribution in [2.24, 2.45) is 7.05 Å². The fourth-order valence-corrected chi connectivity index (χ4v) is 1.98. The zero-order valence-electron chi connectivity index (χ0n) is 10.1. The highest BCUT2D eigenvalue weighted by atomic mass is 16.5. The highest BCUT2D eigenvalue weighted by Crippen LogP contribution is 2.24. The van der Waals surface area contributed by atoms with Crippen LogP contribution in [0.3, 0.4) is 0 Å². The molecule has 0 spiro atoms. The molecule has 0 atom stereocenters. The van der Waals surface area contributed by atoms with Gasteiger partial charge in [0.25, 0.3) is 5.91 Å². The molecule has 0 aliphatic heterocycles. The summed E-state index contributed by atoms with van der Waals surface area (Å²) >= 11 is 0. The number of nitrogens with zero attached hydrogens (tertiary/aromatic N) is 3. The molecule has 7 heteroatoms. The number of fused-ring (bicyclic) bond motifs is 1. The van der Waals surface area contributed by atoms with E-state index in [-0.39, 0.29) is 0 Å². The number of rotatable bonds is 2. The molecule has 0 radical (unpaired) electrons. The molecule has 0 saturated carbocycles. The van der Waals surface area contributed by atoms with Crippen LogP contribution in [-0.4, -0.2) is 30.9 Å². The molecule has 0 aliphatic rings. The second-order valence-corrected chi connectivity index (χ2v) is 4.17. The molecule has 0 fully saturated rings. The van der Waals surface area contributed by atoms with Gasteiger partial charge >= 0.3 is 0 Å². The Labute approximate surface area is 107 Å². The van der Waals surface area contributed by atoms with Gasteiger partial charge in [0.1, 0.15) is 5.65 Å². The Bertz CT molecular complexity index is 758. The SMILES string of the molecule is Cn1cc(-c2cnc3[nH]cc(C(=O)NO)c3c2)cn1. The fraction of sp³-hybridized carbons (Fsp3) is 0.0833. The lowest BCUT2D eigenvalue weighted by Gasteiger charge is -1.99. The van der Waals surface area contributed by atoms with Crippen molar-refractivity contribution in [1.29, 1.82) is 0 Å². The summed E-state index contributed by atoms with van der Waals surface area (Å²) in [5.74, 6) is -0.573. The molecule has 3 heterocycles. The average molecular weight is 257 g/mol. The predicted molar refractivity (Wildman–Crippen MR) is 67.5 cm³/mol. The van der Waals surface area contributed by atoms with Crippen LogP contribution in [0.15, 0.2) is 30.9 Å². The van der Waals surface area contributed by atoms with Gasteiger partial charge in [-0.3, -0.25) is 14.7 Å². The number of hydrogen-bond donors (Lipinski definition) is 3. The number of pyridine rings is 1. The highest BCUT2D eigenvalue weighted by Gasteiger charge is 2.13. The molecule has 96 valence electrons. The van der Waals surface area contributed by atoms with E-state index in [9.17, 15) is 4.79 Å². The minimum atomic E-state index is -0.573. The Kier molecular flexibility index (Phi) is 2.53. The maximum Gasteiger partial charge on any atom is 0.276 e. The number of nitrogens with one attached hydrogen (secondary N) is 2. The molecule has 0 bridgehead atoms. The fourth-order valence-electron chi connectivity index (χ4n) is 1.98. The van der Waals surface area contributed by atoms with Crippen LogP contribution in [0.2, 0.25) is 0 Å². The molecule has 3 rings (SSSR count). The Balaban J connectivity index is 2.16. The van der Waals surface area contributed by atoms with Crippen molar-refractivity contribution in [2.75, 3.05) is 0 Å². The maximum absolute atomic E-state index is 11.5. The van der Waals surface area contributed by atoms with Crippen LogP contribution in [0.1, 0.15) is 10.4 Å². The molecular formula is C12H11N5O2. The predicted octanol–water partition coefficient (Wildman–Crippen LogP) is 1.08. The van der Waals surface area contributed by atoms with Crippen molar-refractivity contribution in [3.05, 3.63) is 36.4 Å². The van der Waals surface area contributed by atoms with E-state index in [1.54, 1.807) is 22.6 Å². The van der Waals surface area contributed by atoms with Crippen LogP contribution in [0.25, 0.3) is 22.2 Å². The van der Waals surface area contributed by atoms with Crippen LogP contribution in [0.5, 0.6) is 0 Å². The van der Waals surface area contributed by atoms with Gasteiger partial charge in [-0.15, -0.1) is 0 Å². The van der Waals surface area contributed by atoms with Gasteiger partial charge in [-0.2, -0.15) is 5.10 Å². The third-order valence-corrected chi connectivity index (χ3v) is 2.92. The largest absolute Gasteiger partial charge is 0.345 e. The third kappa shape index (κ3) is 1.85. The average Bonchev–Trinajstić information content (AvgIpc) is 3.03. The van der Waals surface area contributed by atoms with Gasteiger partial charge < -0.3 is 4.98 Å². The summed E-state index contributed by atoms with van der Waals surface area (Å²) in [5.41, 5.74) is 4.32. The van der Waals surface area contributed by atoms with Crippen LogP contribution < -0.4 is 5.48 Å². The first-order chi connectivity index (χ1) is 9.19. The number of amides is 1. The van der Waals surface area contributed by atoms with Crippen LogP contribution in [0.4, 0.5) is 0 Å².